The third-order valence-corrected chi connectivity index (χ3v) is 0. The summed E-state index contributed by atoms with van der Waals surface area (Å²) in [4.78, 5) is 7.72. The maximum Gasteiger partial charge on any atom is 0 e. The maximum atomic E-state index is 8.86. The molecule has 0 aliphatic carbocycles. The second-order valence-corrected chi connectivity index (χ2v) is 0.679. The summed E-state index contributed by atoms with van der Waals surface area (Å²) in [5, 5.41) is 7.28. The van der Waals surface area contributed by atoms with Gasteiger partial charge in [-0.1, -0.05) is 0 Å². The predicted octanol–water partition coefficient (Wildman–Crippen LogP) is 0.209. The van der Waals surface area contributed by atoms with E-state index in [4.69, 9.17) is 9.90 Å². The molecule has 0 heterocycles. The zero-order chi connectivity index (χ0) is 3.58. The molecule has 0 aromatic carbocycles. The minimum atomic E-state index is -1.15. The van der Waals surface area contributed by atoms with E-state index in [0.717, 1.165) is 0 Å². The van der Waals surface area contributed by atoms with E-state index in [1.165, 1.54) is 0 Å². The van der Waals surface area contributed by atoms with Crippen LogP contribution in [0.15, 0.2) is 0 Å². The van der Waals surface area contributed by atoms with Crippen LogP contribution >= 0.6 is 0 Å². The zero-order valence-electron chi connectivity index (χ0n) is 2.04. The first-order valence-corrected chi connectivity index (χ1v) is 1.11. The van der Waals surface area contributed by atoms with Gasteiger partial charge in [0, 0.05) is 17.1 Å². The number of carboxylic acid groups (broad SMARTS) is 1. The fourth-order valence-corrected chi connectivity index (χ4v) is 0. The third kappa shape index (κ3) is 114. The molecule has 0 spiro atoms. The van der Waals surface area contributed by atoms with Crippen LogP contribution < -0.4 is 0 Å². The van der Waals surface area contributed by atoms with Gasteiger partial charge in [0.2, 0.25) is 0 Å². The van der Waals surface area contributed by atoms with Gasteiger partial charge in [-0.2, -0.15) is 0 Å². The molecule has 0 radical (unpaired) electrons. The Balaban J connectivity index is 0. The van der Waals surface area contributed by atoms with Crippen molar-refractivity contribution in [1.29, 1.82) is 0 Å². The quantitative estimate of drug-likeness (QED) is 0.514. The number of hydrogen-bond acceptors (Lipinski definition) is 1. The van der Waals surface area contributed by atoms with E-state index in [9.17, 15) is 0 Å². The van der Waals surface area contributed by atoms with Crippen molar-refractivity contribution >= 4 is 4.90 Å². The molecular formula is CHCoFeO2. The van der Waals surface area contributed by atoms with Crippen LogP contribution in [0.1, 0.15) is 0 Å². The van der Waals surface area contributed by atoms with Crippen LogP contribution in [0.2, 0.25) is 0 Å². The fraction of sp³-hybridized carbons (Fsp3) is 0. The molecule has 0 aliphatic heterocycles. The topological polar surface area (TPSA) is 37.3 Å². The van der Waals surface area contributed by atoms with Crippen molar-refractivity contribution in [3.05, 3.63) is 0 Å². The monoisotopic (exact) mass is 160 g/mol. The second-order valence-electron chi connectivity index (χ2n) is 0.234. The van der Waals surface area contributed by atoms with E-state index in [0.29, 0.717) is 0 Å². The first kappa shape index (κ1) is 9.09. The molecule has 0 aromatic rings. The van der Waals surface area contributed by atoms with Gasteiger partial charge in [0.25, 0.3) is 0 Å². The Hall–Kier alpha value is 0.496. The van der Waals surface area contributed by atoms with Gasteiger partial charge in [0.15, 0.2) is 0 Å². The average molecular weight is 160 g/mol. The minimum absolute atomic E-state index is 0. The molecule has 0 saturated carbocycles. The van der Waals surface area contributed by atoms with Crippen LogP contribution in [0.3, 0.4) is 0 Å². The van der Waals surface area contributed by atoms with Crippen LogP contribution in [0.4, 0.5) is 4.79 Å². The summed E-state index contributed by atoms with van der Waals surface area (Å²) in [7, 11) is 0. The zero-order valence-corrected chi connectivity index (χ0v) is 4.19. The fourth-order valence-electron chi connectivity index (χ4n) is 0. The molecule has 4 heteroatoms. The minimum Gasteiger partial charge on any atom is 0 e. The normalized spacial score (nSPS) is 5.20. The smallest absolute Gasteiger partial charge is 0 e. The van der Waals surface area contributed by atoms with E-state index in [1.807, 2.05) is 0 Å². The van der Waals surface area contributed by atoms with E-state index in [2.05, 4.69) is 15.7 Å². The van der Waals surface area contributed by atoms with Gasteiger partial charge >= 0.3 is 30.5 Å². The molecule has 0 bridgehead atoms. The molecule has 0 rings (SSSR count). The van der Waals surface area contributed by atoms with Crippen LogP contribution in [-0.4, -0.2) is 10.0 Å². The van der Waals surface area contributed by atoms with Crippen LogP contribution in [0.25, 0.3) is 0 Å². The summed E-state index contributed by atoms with van der Waals surface area (Å²) in [6, 6.07) is 0. The van der Waals surface area contributed by atoms with Crippen LogP contribution in [0.5, 0.6) is 0 Å². The molecule has 0 fully saturated rings. The SMILES string of the molecule is O=[C](O)[Co].[Fe]. The summed E-state index contributed by atoms with van der Waals surface area (Å²) in [5.41, 5.74) is 0. The van der Waals surface area contributed by atoms with Gasteiger partial charge in [0.1, 0.15) is 0 Å². The van der Waals surface area contributed by atoms with Gasteiger partial charge in [-0.25, -0.2) is 0 Å². The van der Waals surface area contributed by atoms with Crippen molar-refractivity contribution in [2.75, 3.05) is 0 Å². The summed E-state index contributed by atoms with van der Waals surface area (Å²) in [6.07, 6.45) is 0. The maximum absolute atomic E-state index is 8.86. The molecule has 0 atom stereocenters. The van der Waals surface area contributed by atoms with Crippen molar-refractivity contribution in [3.8, 4) is 0 Å². The van der Waals surface area contributed by atoms with E-state index < -0.39 is 4.90 Å². The van der Waals surface area contributed by atoms with Gasteiger partial charge in [-0.05, 0) is 0 Å². The van der Waals surface area contributed by atoms with E-state index in [1.54, 1.807) is 0 Å². The number of carbonyl (C=O) groups is 1. The summed E-state index contributed by atoms with van der Waals surface area (Å²) in [6.45, 7) is 0. The van der Waals surface area contributed by atoms with Gasteiger partial charge in [-0.3, -0.25) is 0 Å². The van der Waals surface area contributed by atoms with Crippen LogP contribution in [0, 0.1) is 0 Å². The molecule has 1 N–H and O–H groups in total. The van der Waals surface area contributed by atoms with Crippen molar-refractivity contribution in [2.45, 2.75) is 0 Å². The van der Waals surface area contributed by atoms with E-state index >= 15 is 0 Å². The Labute approximate surface area is 48.0 Å². The van der Waals surface area contributed by atoms with Crippen molar-refractivity contribution < 1.29 is 42.7 Å². The van der Waals surface area contributed by atoms with Crippen molar-refractivity contribution in [1.82, 2.24) is 0 Å². The molecular weight excluding hydrogens is 159 g/mol. The summed E-state index contributed by atoms with van der Waals surface area (Å²) in [5.74, 6) is 0. The largest absolute Gasteiger partial charge is 0 e. The standard InChI is InChI=1S/CHO2.Co.Fe/c2-1-3;;/h(H,2,3);;. The van der Waals surface area contributed by atoms with Crippen LogP contribution in [-0.2, 0) is 32.8 Å². The number of hydrogen-bond donors (Lipinski definition) is 1. The predicted molar refractivity (Wildman–Crippen MR) is 8.02 cm³/mol. The summed E-state index contributed by atoms with van der Waals surface area (Å²) < 4.78 is 0. The third-order valence-electron chi connectivity index (χ3n) is 0. The molecule has 0 unspecified atom stereocenters. The molecule has 0 amide bonds. The average Bonchev–Trinajstić information content (AvgIpc) is 0.811. The Kier molecular flexibility index (Phi) is 8.17. The van der Waals surface area contributed by atoms with E-state index in [-0.39, 0.29) is 17.1 Å². The molecule has 34 valence electrons. The molecule has 0 aromatic heterocycles. The Bertz CT molecular complexity index is 32.6. The van der Waals surface area contributed by atoms with Crippen molar-refractivity contribution in [3.63, 3.8) is 0 Å². The van der Waals surface area contributed by atoms with Gasteiger partial charge in [0.05, 0.1) is 0 Å². The molecule has 0 aliphatic rings. The van der Waals surface area contributed by atoms with Crippen molar-refractivity contribution in [2.24, 2.45) is 0 Å². The van der Waals surface area contributed by atoms with Gasteiger partial charge in [-0.15, -0.1) is 0 Å². The molecule has 5 heavy (non-hydrogen) atoms. The Morgan fingerprint density at radius 1 is 1.80 bits per heavy atom. The Morgan fingerprint density at radius 3 is 1.80 bits per heavy atom. The molecule has 0 saturated heterocycles. The Morgan fingerprint density at radius 2 is 1.80 bits per heavy atom. The second kappa shape index (κ2) is 4.50. The first-order valence-electron chi connectivity index (χ1n) is 0.594. The molecule has 2 nitrogen and oxygen atoms in total. The number of rotatable bonds is 0. The van der Waals surface area contributed by atoms with Gasteiger partial charge < -0.3 is 0 Å². The first-order chi connectivity index (χ1) is 1.73. The summed E-state index contributed by atoms with van der Waals surface area (Å²) >= 11 is 2.92.